The fourth-order valence-corrected chi connectivity index (χ4v) is 3.22. The van der Waals surface area contributed by atoms with Crippen molar-refractivity contribution in [2.75, 3.05) is 7.11 Å². The number of hydrogen-bond acceptors (Lipinski definition) is 5. The molecule has 25 heavy (non-hydrogen) atoms. The Bertz CT molecular complexity index is 844. The van der Waals surface area contributed by atoms with Gasteiger partial charge in [-0.1, -0.05) is 6.07 Å². The van der Waals surface area contributed by atoms with Crippen LogP contribution in [0.25, 0.3) is 0 Å². The van der Waals surface area contributed by atoms with Crippen LogP contribution in [0.5, 0.6) is 11.5 Å². The molecule has 0 radical (unpaired) electrons. The molecule has 2 aromatic rings. The van der Waals surface area contributed by atoms with E-state index in [1.54, 1.807) is 6.07 Å². The Labute approximate surface area is 145 Å². The summed E-state index contributed by atoms with van der Waals surface area (Å²) in [7, 11) is 1.34. The summed E-state index contributed by atoms with van der Waals surface area (Å²) in [5.74, 6) is -0.0137. The molecule has 0 unspecified atom stereocenters. The molecule has 6 nitrogen and oxygen atoms in total. The standard InChI is InChI=1S/C19H19NO5/c1-12-15-6-4-3-5-13(15)7-9-17(12)25-19(21)14-8-10-18(24-2)16(11-14)20(22)23/h7-11H,3-6H2,1-2H3. The van der Waals surface area contributed by atoms with Gasteiger partial charge in [0.05, 0.1) is 17.6 Å². The maximum absolute atomic E-state index is 12.4. The molecule has 0 atom stereocenters. The number of nitro groups is 1. The van der Waals surface area contributed by atoms with Crippen molar-refractivity contribution in [2.24, 2.45) is 0 Å². The minimum atomic E-state index is -0.621. The molecule has 2 aromatic carbocycles. The molecule has 0 saturated heterocycles. The summed E-state index contributed by atoms with van der Waals surface area (Å²) >= 11 is 0. The summed E-state index contributed by atoms with van der Waals surface area (Å²) in [5.41, 5.74) is 3.37. The molecule has 0 heterocycles. The number of carbonyl (C=O) groups excluding carboxylic acids is 1. The molecule has 0 amide bonds. The maximum atomic E-state index is 12.4. The number of aryl methyl sites for hydroxylation is 1. The number of rotatable bonds is 4. The number of fused-ring (bicyclic) bond motifs is 1. The predicted octanol–water partition coefficient (Wildman–Crippen LogP) is 4.01. The summed E-state index contributed by atoms with van der Waals surface area (Å²) < 4.78 is 10.5. The van der Waals surface area contributed by atoms with Crippen LogP contribution in [0.1, 0.15) is 39.9 Å². The number of esters is 1. The first-order chi connectivity index (χ1) is 12.0. The Hall–Kier alpha value is -2.89. The molecule has 0 spiro atoms. The number of methoxy groups -OCH3 is 1. The van der Waals surface area contributed by atoms with Gasteiger partial charge in [0.15, 0.2) is 5.75 Å². The lowest BCUT2D eigenvalue weighted by Crippen LogP contribution is -2.12. The van der Waals surface area contributed by atoms with E-state index < -0.39 is 10.9 Å². The molecule has 0 aromatic heterocycles. The van der Waals surface area contributed by atoms with Crippen molar-refractivity contribution in [3.05, 3.63) is 62.7 Å². The van der Waals surface area contributed by atoms with Crippen LogP contribution >= 0.6 is 0 Å². The van der Waals surface area contributed by atoms with Crippen molar-refractivity contribution in [1.29, 1.82) is 0 Å². The van der Waals surface area contributed by atoms with E-state index >= 15 is 0 Å². The van der Waals surface area contributed by atoms with Crippen molar-refractivity contribution in [3.8, 4) is 11.5 Å². The van der Waals surface area contributed by atoms with E-state index in [1.807, 2.05) is 13.0 Å². The molecule has 3 rings (SSSR count). The Morgan fingerprint density at radius 1 is 1.12 bits per heavy atom. The van der Waals surface area contributed by atoms with Crippen LogP contribution in [0.15, 0.2) is 30.3 Å². The zero-order valence-electron chi connectivity index (χ0n) is 14.2. The Morgan fingerprint density at radius 3 is 2.56 bits per heavy atom. The van der Waals surface area contributed by atoms with Gasteiger partial charge < -0.3 is 9.47 Å². The molecular weight excluding hydrogens is 322 g/mol. The average molecular weight is 341 g/mol. The van der Waals surface area contributed by atoms with Crippen molar-refractivity contribution < 1.29 is 19.2 Å². The Balaban J connectivity index is 1.88. The molecule has 0 saturated carbocycles. The smallest absolute Gasteiger partial charge is 0.343 e. The average Bonchev–Trinajstić information content (AvgIpc) is 2.63. The monoisotopic (exact) mass is 341 g/mol. The number of benzene rings is 2. The van der Waals surface area contributed by atoms with E-state index in [2.05, 4.69) is 0 Å². The predicted molar refractivity (Wildman–Crippen MR) is 92.4 cm³/mol. The Morgan fingerprint density at radius 2 is 1.84 bits per heavy atom. The maximum Gasteiger partial charge on any atom is 0.343 e. The van der Waals surface area contributed by atoms with Crippen LogP contribution in [0.3, 0.4) is 0 Å². The Kier molecular flexibility index (Phi) is 4.70. The first-order valence-corrected chi connectivity index (χ1v) is 8.17. The lowest BCUT2D eigenvalue weighted by atomic mass is 9.88. The van der Waals surface area contributed by atoms with E-state index in [9.17, 15) is 14.9 Å². The van der Waals surface area contributed by atoms with Gasteiger partial charge in [-0.3, -0.25) is 10.1 Å². The highest BCUT2D eigenvalue weighted by Gasteiger charge is 2.21. The quantitative estimate of drug-likeness (QED) is 0.363. The van der Waals surface area contributed by atoms with Gasteiger partial charge >= 0.3 is 11.7 Å². The zero-order chi connectivity index (χ0) is 18.0. The van der Waals surface area contributed by atoms with E-state index in [-0.39, 0.29) is 17.0 Å². The molecule has 0 aliphatic heterocycles. The minimum Gasteiger partial charge on any atom is -0.490 e. The van der Waals surface area contributed by atoms with Crippen LogP contribution in [0, 0.1) is 17.0 Å². The van der Waals surface area contributed by atoms with Gasteiger partial charge in [0, 0.05) is 6.07 Å². The first kappa shape index (κ1) is 17.0. The SMILES string of the molecule is COc1ccc(C(=O)Oc2ccc3c(c2C)CCCC3)cc1[N+](=O)[O-]. The number of ether oxygens (including phenoxy) is 2. The second kappa shape index (κ2) is 6.93. The third-order valence-electron chi connectivity index (χ3n) is 4.58. The molecular formula is C19H19NO5. The topological polar surface area (TPSA) is 78.7 Å². The van der Waals surface area contributed by atoms with E-state index in [4.69, 9.17) is 9.47 Å². The zero-order valence-corrected chi connectivity index (χ0v) is 14.2. The highest BCUT2D eigenvalue weighted by Crippen LogP contribution is 2.32. The van der Waals surface area contributed by atoms with Crippen LogP contribution in [-0.2, 0) is 12.8 Å². The second-order valence-electron chi connectivity index (χ2n) is 6.07. The summed E-state index contributed by atoms with van der Waals surface area (Å²) in [6, 6.07) is 7.83. The number of nitro benzene ring substituents is 1. The third kappa shape index (κ3) is 3.33. The lowest BCUT2D eigenvalue weighted by molar-refractivity contribution is -0.385. The molecule has 1 aliphatic carbocycles. The molecule has 0 bridgehead atoms. The van der Waals surface area contributed by atoms with Crippen LogP contribution in [0.2, 0.25) is 0 Å². The second-order valence-corrected chi connectivity index (χ2v) is 6.07. The normalized spacial score (nSPS) is 13.0. The molecule has 130 valence electrons. The van der Waals surface area contributed by atoms with E-state index in [1.165, 1.54) is 42.9 Å². The van der Waals surface area contributed by atoms with Crippen molar-refractivity contribution >= 4 is 11.7 Å². The summed E-state index contributed by atoms with van der Waals surface area (Å²) in [5, 5.41) is 11.1. The largest absolute Gasteiger partial charge is 0.490 e. The molecule has 6 heteroatoms. The van der Waals surface area contributed by atoms with Crippen molar-refractivity contribution in [3.63, 3.8) is 0 Å². The van der Waals surface area contributed by atoms with Gasteiger partial charge in [-0.25, -0.2) is 4.79 Å². The van der Waals surface area contributed by atoms with E-state index in [0.717, 1.165) is 24.8 Å². The summed E-state index contributed by atoms with van der Waals surface area (Å²) in [6.07, 6.45) is 4.35. The number of hydrogen-bond donors (Lipinski definition) is 0. The fourth-order valence-electron chi connectivity index (χ4n) is 3.22. The van der Waals surface area contributed by atoms with Crippen molar-refractivity contribution in [2.45, 2.75) is 32.6 Å². The highest BCUT2D eigenvalue weighted by atomic mass is 16.6. The van der Waals surface area contributed by atoms with Crippen LogP contribution in [-0.4, -0.2) is 18.0 Å². The molecule has 1 aliphatic rings. The van der Waals surface area contributed by atoms with Crippen LogP contribution in [0.4, 0.5) is 5.69 Å². The van der Waals surface area contributed by atoms with Gasteiger partial charge in [-0.15, -0.1) is 0 Å². The van der Waals surface area contributed by atoms with Gasteiger partial charge in [-0.05, 0) is 67.5 Å². The molecule has 0 N–H and O–H groups in total. The van der Waals surface area contributed by atoms with E-state index in [0.29, 0.717) is 5.75 Å². The van der Waals surface area contributed by atoms with Crippen molar-refractivity contribution in [1.82, 2.24) is 0 Å². The van der Waals surface area contributed by atoms with Gasteiger partial charge in [0.2, 0.25) is 0 Å². The number of carbonyl (C=O) groups is 1. The van der Waals surface area contributed by atoms with Crippen LogP contribution < -0.4 is 9.47 Å². The minimum absolute atomic E-state index is 0.103. The number of nitrogens with zero attached hydrogens (tertiary/aromatic N) is 1. The fraction of sp³-hybridized carbons (Fsp3) is 0.316. The summed E-state index contributed by atoms with van der Waals surface area (Å²) in [4.78, 5) is 22.9. The van der Waals surface area contributed by atoms with Gasteiger partial charge in [0.1, 0.15) is 5.75 Å². The third-order valence-corrected chi connectivity index (χ3v) is 4.58. The molecule has 0 fully saturated rings. The lowest BCUT2D eigenvalue weighted by Gasteiger charge is -2.20. The highest BCUT2D eigenvalue weighted by molar-refractivity contribution is 5.92. The first-order valence-electron chi connectivity index (χ1n) is 8.17. The summed E-state index contributed by atoms with van der Waals surface area (Å²) in [6.45, 7) is 1.95. The van der Waals surface area contributed by atoms with Gasteiger partial charge in [-0.2, -0.15) is 0 Å². The van der Waals surface area contributed by atoms with Gasteiger partial charge in [0.25, 0.3) is 0 Å².